The molecule has 0 radical (unpaired) electrons. The number of sulfonamides is 1. The molecule has 31 heavy (non-hydrogen) atoms. The number of amides is 1. The van der Waals surface area contributed by atoms with Crippen molar-refractivity contribution in [2.45, 2.75) is 11.8 Å². The van der Waals surface area contributed by atoms with Crippen molar-refractivity contribution in [1.82, 2.24) is 19.0 Å². The Morgan fingerprint density at radius 2 is 1.61 bits per heavy atom. The Labute approximate surface area is 178 Å². The third-order valence-corrected chi connectivity index (χ3v) is 7.06. The molecule has 1 amide bonds. The van der Waals surface area contributed by atoms with Gasteiger partial charge in [0.05, 0.1) is 10.6 Å². The zero-order valence-electron chi connectivity index (χ0n) is 16.7. The van der Waals surface area contributed by atoms with Crippen LogP contribution in [0, 0.1) is 18.6 Å². The van der Waals surface area contributed by atoms with Crippen LogP contribution in [0.4, 0.5) is 8.78 Å². The smallest absolute Gasteiger partial charge is 0.274 e. The zero-order chi connectivity index (χ0) is 22.2. The van der Waals surface area contributed by atoms with Crippen LogP contribution in [0.25, 0.3) is 5.69 Å². The van der Waals surface area contributed by atoms with Gasteiger partial charge in [-0.25, -0.2) is 21.9 Å². The predicted molar refractivity (Wildman–Crippen MR) is 109 cm³/mol. The largest absolute Gasteiger partial charge is 0.335 e. The lowest BCUT2D eigenvalue weighted by atomic mass is 10.3. The molecule has 0 aliphatic carbocycles. The van der Waals surface area contributed by atoms with E-state index in [-0.39, 0.29) is 42.7 Å². The van der Waals surface area contributed by atoms with Crippen LogP contribution >= 0.6 is 0 Å². The Hall–Kier alpha value is -3.11. The van der Waals surface area contributed by atoms with E-state index in [1.54, 1.807) is 10.7 Å². The summed E-state index contributed by atoms with van der Waals surface area (Å²) < 4.78 is 54.9. The highest BCUT2D eigenvalue weighted by atomic mass is 32.2. The van der Waals surface area contributed by atoms with Crippen LogP contribution < -0.4 is 0 Å². The first-order chi connectivity index (χ1) is 14.8. The first-order valence-corrected chi connectivity index (χ1v) is 11.1. The molecule has 1 aliphatic heterocycles. The summed E-state index contributed by atoms with van der Waals surface area (Å²) in [6.45, 7) is 2.28. The van der Waals surface area contributed by atoms with E-state index in [1.807, 2.05) is 37.3 Å². The molecule has 10 heteroatoms. The SMILES string of the molecule is Cc1cc(C(=O)N2CCN(S(=O)(=O)c3ccc(F)c(F)c3)CC2)nn1-c1ccccc1. The summed E-state index contributed by atoms with van der Waals surface area (Å²) in [5.74, 6) is -2.62. The minimum atomic E-state index is -3.98. The number of para-hydroxylation sites is 1. The number of rotatable bonds is 4. The number of benzene rings is 2. The summed E-state index contributed by atoms with van der Waals surface area (Å²) in [6.07, 6.45) is 0. The maximum atomic E-state index is 13.5. The normalized spacial score (nSPS) is 15.3. The molecular formula is C21H20F2N4O3S. The molecule has 1 aromatic heterocycles. The molecule has 7 nitrogen and oxygen atoms in total. The van der Waals surface area contributed by atoms with Crippen molar-refractivity contribution in [1.29, 1.82) is 0 Å². The van der Waals surface area contributed by atoms with Crippen LogP contribution in [0.5, 0.6) is 0 Å². The highest BCUT2D eigenvalue weighted by Gasteiger charge is 2.31. The molecule has 2 aromatic carbocycles. The molecule has 0 spiro atoms. The van der Waals surface area contributed by atoms with Crippen LogP contribution in [-0.2, 0) is 10.0 Å². The minimum absolute atomic E-state index is 0.0471. The average Bonchev–Trinajstić information content (AvgIpc) is 3.17. The number of piperazine rings is 1. The summed E-state index contributed by atoms with van der Waals surface area (Å²) in [6, 6.07) is 13.6. The Balaban J connectivity index is 1.46. The van der Waals surface area contributed by atoms with Crippen molar-refractivity contribution in [3.05, 3.63) is 77.6 Å². The molecule has 0 saturated carbocycles. The van der Waals surface area contributed by atoms with E-state index in [1.165, 1.54) is 4.90 Å². The molecule has 0 N–H and O–H groups in total. The quantitative estimate of drug-likeness (QED) is 0.618. The van der Waals surface area contributed by atoms with Crippen LogP contribution in [0.1, 0.15) is 16.2 Å². The number of halogens is 2. The second kappa shape index (κ2) is 8.20. The third-order valence-electron chi connectivity index (χ3n) is 5.16. The molecule has 1 saturated heterocycles. The Kier molecular flexibility index (Phi) is 5.59. The molecule has 0 bridgehead atoms. The third kappa shape index (κ3) is 4.08. The van der Waals surface area contributed by atoms with Crippen molar-refractivity contribution in [3.63, 3.8) is 0 Å². The summed E-state index contributed by atoms with van der Waals surface area (Å²) in [7, 11) is -3.98. The van der Waals surface area contributed by atoms with Crippen molar-refractivity contribution in [2.24, 2.45) is 0 Å². The van der Waals surface area contributed by atoms with Gasteiger partial charge in [-0.1, -0.05) is 18.2 Å². The van der Waals surface area contributed by atoms with Crippen molar-refractivity contribution >= 4 is 15.9 Å². The Morgan fingerprint density at radius 3 is 2.26 bits per heavy atom. The van der Waals surface area contributed by atoms with Crippen molar-refractivity contribution in [2.75, 3.05) is 26.2 Å². The lowest BCUT2D eigenvalue weighted by molar-refractivity contribution is 0.0691. The summed E-state index contributed by atoms with van der Waals surface area (Å²) in [4.78, 5) is 14.1. The van der Waals surface area contributed by atoms with E-state index in [0.29, 0.717) is 6.07 Å². The van der Waals surface area contributed by atoms with Gasteiger partial charge in [0.15, 0.2) is 17.3 Å². The van der Waals surface area contributed by atoms with Crippen molar-refractivity contribution < 1.29 is 22.0 Å². The number of nitrogens with zero attached hydrogens (tertiary/aromatic N) is 4. The molecule has 0 atom stereocenters. The van der Waals surface area contributed by atoms with Gasteiger partial charge in [-0.05, 0) is 43.3 Å². The molecule has 2 heterocycles. The second-order valence-corrected chi connectivity index (χ2v) is 9.13. The van der Waals surface area contributed by atoms with Gasteiger partial charge in [-0.15, -0.1) is 0 Å². The number of carbonyl (C=O) groups is 1. The van der Waals surface area contributed by atoms with E-state index in [4.69, 9.17) is 0 Å². The molecule has 1 aliphatic rings. The van der Waals surface area contributed by atoms with Gasteiger partial charge in [-0.3, -0.25) is 4.79 Å². The summed E-state index contributed by atoms with van der Waals surface area (Å²) in [5.41, 5.74) is 1.91. The van der Waals surface area contributed by atoms with E-state index >= 15 is 0 Å². The first-order valence-electron chi connectivity index (χ1n) is 9.64. The summed E-state index contributed by atoms with van der Waals surface area (Å²) >= 11 is 0. The molecule has 1 fully saturated rings. The van der Waals surface area contributed by atoms with Crippen LogP contribution in [0.15, 0.2) is 59.5 Å². The van der Waals surface area contributed by atoms with Gasteiger partial charge in [0.1, 0.15) is 0 Å². The monoisotopic (exact) mass is 446 g/mol. The fourth-order valence-corrected chi connectivity index (χ4v) is 4.92. The first kappa shape index (κ1) is 21.1. The topological polar surface area (TPSA) is 75.5 Å². The predicted octanol–water partition coefficient (Wildman–Crippen LogP) is 2.61. The highest BCUT2D eigenvalue weighted by Crippen LogP contribution is 2.21. The molecule has 0 unspecified atom stereocenters. The maximum absolute atomic E-state index is 13.5. The molecule has 4 rings (SSSR count). The van der Waals surface area contributed by atoms with E-state index < -0.39 is 21.7 Å². The fraction of sp³-hybridized carbons (Fsp3) is 0.238. The number of aromatic nitrogens is 2. The lowest BCUT2D eigenvalue weighted by Gasteiger charge is -2.33. The molecular weight excluding hydrogens is 426 g/mol. The average molecular weight is 446 g/mol. The van der Waals surface area contributed by atoms with Gasteiger partial charge in [-0.2, -0.15) is 9.40 Å². The van der Waals surface area contributed by atoms with Crippen molar-refractivity contribution in [3.8, 4) is 5.69 Å². The molecule has 3 aromatic rings. The Morgan fingerprint density at radius 1 is 0.935 bits per heavy atom. The molecule has 162 valence electrons. The van der Waals surface area contributed by atoms with Gasteiger partial charge < -0.3 is 4.90 Å². The highest BCUT2D eigenvalue weighted by molar-refractivity contribution is 7.89. The van der Waals surface area contributed by atoms with Gasteiger partial charge in [0, 0.05) is 31.9 Å². The number of aryl methyl sites for hydroxylation is 1. The van der Waals surface area contributed by atoms with Gasteiger partial charge >= 0.3 is 0 Å². The zero-order valence-corrected chi connectivity index (χ0v) is 17.5. The van der Waals surface area contributed by atoms with Crippen LogP contribution in [0.2, 0.25) is 0 Å². The van der Waals surface area contributed by atoms with Crippen LogP contribution in [0.3, 0.4) is 0 Å². The standard InChI is InChI=1S/C21H20F2N4O3S/c1-15-13-20(24-27(15)16-5-3-2-4-6-16)21(28)25-9-11-26(12-10-25)31(29,30)17-7-8-18(22)19(23)14-17/h2-8,13-14H,9-12H2,1H3. The van der Waals surface area contributed by atoms with E-state index in [0.717, 1.165) is 27.8 Å². The maximum Gasteiger partial charge on any atom is 0.274 e. The number of carbonyl (C=O) groups excluding carboxylic acids is 1. The van der Waals surface area contributed by atoms with E-state index in [2.05, 4.69) is 5.10 Å². The fourth-order valence-electron chi connectivity index (χ4n) is 3.49. The van der Waals surface area contributed by atoms with Crippen LogP contribution in [-0.4, -0.2) is 59.5 Å². The van der Waals surface area contributed by atoms with E-state index in [9.17, 15) is 22.0 Å². The summed E-state index contributed by atoms with van der Waals surface area (Å²) in [5, 5.41) is 4.40. The lowest BCUT2D eigenvalue weighted by Crippen LogP contribution is -2.50. The minimum Gasteiger partial charge on any atom is -0.335 e. The Bertz CT molecular complexity index is 1220. The second-order valence-electron chi connectivity index (χ2n) is 7.19. The number of hydrogen-bond acceptors (Lipinski definition) is 4. The number of hydrogen-bond donors (Lipinski definition) is 0. The van der Waals surface area contributed by atoms with Gasteiger partial charge in [0.2, 0.25) is 10.0 Å². The van der Waals surface area contributed by atoms with Gasteiger partial charge in [0.25, 0.3) is 5.91 Å².